The van der Waals surface area contributed by atoms with Gasteiger partial charge in [-0.1, -0.05) is 11.6 Å². The molecule has 1 aliphatic heterocycles. The summed E-state index contributed by atoms with van der Waals surface area (Å²) >= 11 is 7.50. The molecule has 0 aliphatic carbocycles. The monoisotopic (exact) mass is 337 g/mol. The molecule has 1 amide bonds. The molecule has 116 valence electrons. The maximum absolute atomic E-state index is 12.2. The molecule has 1 saturated heterocycles. The summed E-state index contributed by atoms with van der Waals surface area (Å²) in [6.45, 7) is 0.778. The minimum atomic E-state index is -4.42. The molecule has 1 heterocycles. The van der Waals surface area contributed by atoms with Gasteiger partial charge in [0, 0.05) is 28.3 Å². The van der Waals surface area contributed by atoms with E-state index in [9.17, 15) is 18.0 Å². The molecule has 0 spiro atoms. The predicted molar refractivity (Wildman–Crippen MR) is 77.6 cm³/mol. The SMILES string of the molecule is O=C(CC(F)(F)F)N1CCC(Sc2ccc(Cl)cc2)CC1. The van der Waals surface area contributed by atoms with Crippen LogP contribution in [0.4, 0.5) is 13.2 Å². The Labute approximate surface area is 130 Å². The van der Waals surface area contributed by atoms with Crippen LogP contribution in [0.15, 0.2) is 29.2 Å². The lowest BCUT2D eigenvalue weighted by Crippen LogP contribution is -2.41. The van der Waals surface area contributed by atoms with E-state index < -0.39 is 18.5 Å². The molecule has 2 nitrogen and oxygen atoms in total. The van der Waals surface area contributed by atoms with Crippen LogP contribution in [0.2, 0.25) is 5.02 Å². The van der Waals surface area contributed by atoms with Gasteiger partial charge in [-0.25, -0.2) is 0 Å². The van der Waals surface area contributed by atoms with Crippen LogP contribution in [0.3, 0.4) is 0 Å². The molecule has 1 aliphatic rings. The number of halogens is 4. The Morgan fingerprint density at radius 2 is 1.81 bits per heavy atom. The van der Waals surface area contributed by atoms with Crippen molar-refractivity contribution in [3.63, 3.8) is 0 Å². The molecule has 1 aromatic carbocycles. The molecule has 0 N–H and O–H groups in total. The van der Waals surface area contributed by atoms with Crippen LogP contribution in [-0.4, -0.2) is 35.3 Å². The van der Waals surface area contributed by atoms with Crippen LogP contribution in [-0.2, 0) is 4.79 Å². The van der Waals surface area contributed by atoms with Gasteiger partial charge < -0.3 is 4.90 Å². The van der Waals surface area contributed by atoms with Crippen molar-refractivity contribution in [3.05, 3.63) is 29.3 Å². The summed E-state index contributed by atoms with van der Waals surface area (Å²) in [5.41, 5.74) is 0. The fraction of sp³-hybridized carbons (Fsp3) is 0.500. The number of nitrogens with zero attached hydrogens (tertiary/aromatic N) is 1. The van der Waals surface area contributed by atoms with E-state index in [0.29, 0.717) is 36.2 Å². The average Bonchev–Trinajstić information content (AvgIpc) is 2.40. The third-order valence-corrected chi connectivity index (χ3v) is 4.86. The molecule has 0 radical (unpaired) electrons. The Morgan fingerprint density at radius 1 is 1.24 bits per heavy atom. The number of carbonyl (C=O) groups excluding carboxylic acids is 1. The maximum Gasteiger partial charge on any atom is 0.397 e. The van der Waals surface area contributed by atoms with Crippen LogP contribution in [0.25, 0.3) is 0 Å². The first-order chi connectivity index (χ1) is 9.83. The molecular weight excluding hydrogens is 323 g/mol. The number of rotatable bonds is 3. The molecule has 21 heavy (non-hydrogen) atoms. The second-order valence-corrected chi connectivity index (χ2v) is 6.75. The highest BCUT2D eigenvalue weighted by Crippen LogP contribution is 2.31. The number of likely N-dealkylation sites (tertiary alicyclic amines) is 1. The van der Waals surface area contributed by atoms with E-state index in [0.717, 1.165) is 4.90 Å². The van der Waals surface area contributed by atoms with Crippen LogP contribution in [0.1, 0.15) is 19.3 Å². The summed E-state index contributed by atoms with van der Waals surface area (Å²) < 4.78 is 36.6. The summed E-state index contributed by atoms with van der Waals surface area (Å²) in [5.74, 6) is -0.822. The van der Waals surface area contributed by atoms with Gasteiger partial charge in [-0.2, -0.15) is 13.2 Å². The highest BCUT2D eigenvalue weighted by molar-refractivity contribution is 8.00. The quantitative estimate of drug-likeness (QED) is 0.816. The third kappa shape index (κ3) is 5.43. The molecule has 0 bridgehead atoms. The van der Waals surface area contributed by atoms with Crippen LogP contribution < -0.4 is 0 Å². The van der Waals surface area contributed by atoms with E-state index in [1.54, 1.807) is 11.8 Å². The summed E-state index contributed by atoms with van der Waals surface area (Å²) in [5, 5.41) is 0.994. The van der Waals surface area contributed by atoms with Crippen LogP contribution >= 0.6 is 23.4 Å². The number of hydrogen-bond acceptors (Lipinski definition) is 2. The number of hydrogen-bond donors (Lipinski definition) is 0. The molecule has 1 fully saturated rings. The Balaban J connectivity index is 1.80. The van der Waals surface area contributed by atoms with Crippen molar-refractivity contribution in [2.24, 2.45) is 0 Å². The summed E-state index contributed by atoms with van der Waals surface area (Å²) in [6, 6.07) is 7.47. The van der Waals surface area contributed by atoms with Gasteiger partial charge in [0.2, 0.25) is 5.91 Å². The largest absolute Gasteiger partial charge is 0.397 e. The van der Waals surface area contributed by atoms with Gasteiger partial charge in [0.25, 0.3) is 0 Å². The van der Waals surface area contributed by atoms with Gasteiger partial charge in [-0.15, -0.1) is 11.8 Å². The van der Waals surface area contributed by atoms with Crippen molar-refractivity contribution in [2.75, 3.05) is 13.1 Å². The normalized spacial score (nSPS) is 17.0. The van der Waals surface area contributed by atoms with Crippen molar-refractivity contribution < 1.29 is 18.0 Å². The van der Waals surface area contributed by atoms with Crippen molar-refractivity contribution in [3.8, 4) is 0 Å². The zero-order valence-corrected chi connectivity index (χ0v) is 12.8. The number of alkyl halides is 3. The molecule has 7 heteroatoms. The van der Waals surface area contributed by atoms with Crippen molar-refractivity contribution >= 4 is 29.3 Å². The highest BCUT2D eigenvalue weighted by Gasteiger charge is 2.34. The lowest BCUT2D eigenvalue weighted by Gasteiger charge is -2.32. The Kier molecular flexibility index (Phi) is 5.43. The first kappa shape index (κ1) is 16.5. The van der Waals surface area contributed by atoms with E-state index in [2.05, 4.69) is 0 Å². The van der Waals surface area contributed by atoms with Gasteiger partial charge >= 0.3 is 6.18 Å². The first-order valence-electron chi connectivity index (χ1n) is 6.60. The molecule has 0 saturated carbocycles. The molecule has 0 atom stereocenters. The minimum Gasteiger partial charge on any atom is -0.342 e. The predicted octanol–water partition coefficient (Wildman–Crippen LogP) is 4.38. The molecular formula is C14H15ClF3NOS. The molecule has 0 unspecified atom stereocenters. The number of amides is 1. The van der Waals surface area contributed by atoms with E-state index in [4.69, 9.17) is 11.6 Å². The molecule has 2 rings (SSSR count). The smallest absolute Gasteiger partial charge is 0.342 e. The lowest BCUT2D eigenvalue weighted by atomic mass is 10.1. The van der Waals surface area contributed by atoms with Crippen LogP contribution in [0, 0.1) is 0 Å². The minimum absolute atomic E-state index is 0.320. The zero-order chi connectivity index (χ0) is 15.5. The van der Waals surface area contributed by atoms with Crippen molar-refractivity contribution in [1.29, 1.82) is 0 Å². The average molecular weight is 338 g/mol. The number of piperidine rings is 1. The zero-order valence-electron chi connectivity index (χ0n) is 11.2. The van der Waals surface area contributed by atoms with E-state index in [-0.39, 0.29) is 0 Å². The van der Waals surface area contributed by atoms with Gasteiger partial charge in [0.15, 0.2) is 0 Å². The third-order valence-electron chi connectivity index (χ3n) is 3.26. The van der Waals surface area contributed by atoms with Crippen molar-refractivity contribution in [2.45, 2.75) is 35.6 Å². The molecule has 1 aromatic rings. The summed E-state index contributed by atoms with van der Waals surface area (Å²) in [7, 11) is 0. The van der Waals surface area contributed by atoms with Gasteiger partial charge in [-0.3, -0.25) is 4.79 Å². The number of carbonyl (C=O) groups is 1. The standard InChI is InChI=1S/C14H15ClF3NOS/c15-10-1-3-11(4-2-10)21-12-5-7-19(8-6-12)13(20)9-14(16,17)18/h1-4,12H,5-9H2. The number of thioether (sulfide) groups is 1. The Bertz CT molecular complexity index is 484. The summed E-state index contributed by atoms with van der Waals surface area (Å²) in [6.07, 6.45) is -4.37. The van der Waals surface area contributed by atoms with Crippen molar-refractivity contribution in [1.82, 2.24) is 4.90 Å². The lowest BCUT2D eigenvalue weighted by molar-refractivity contribution is -0.161. The second-order valence-electron chi connectivity index (χ2n) is 4.94. The fourth-order valence-corrected chi connectivity index (χ4v) is 3.46. The van der Waals surface area contributed by atoms with E-state index in [1.807, 2.05) is 24.3 Å². The Hall–Kier alpha value is -0.880. The van der Waals surface area contributed by atoms with Gasteiger partial charge in [0.05, 0.1) is 0 Å². The maximum atomic E-state index is 12.2. The topological polar surface area (TPSA) is 20.3 Å². The Morgan fingerprint density at radius 3 is 2.33 bits per heavy atom. The molecule has 0 aromatic heterocycles. The first-order valence-corrected chi connectivity index (χ1v) is 7.86. The van der Waals surface area contributed by atoms with E-state index >= 15 is 0 Å². The van der Waals surface area contributed by atoms with Gasteiger partial charge in [-0.05, 0) is 37.1 Å². The second kappa shape index (κ2) is 6.92. The summed E-state index contributed by atoms with van der Waals surface area (Å²) in [4.78, 5) is 13.9. The fourth-order valence-electron chi connectivity index (χ4n) is 2.21. The highest BCUT2D eigenvalue weighted by atomic mass is 35.5. The number of benzene rings is 1. The van der Waals surface area contributed by atoms with Gasteiger partial charge in [0.1, 0.15) is 6.42 Å². The van der Waals surface area contributed by atoms with Crippen LogP contribution in [0.5, 0.6) is 0 Å². The van der Waals surface area contributed by atoms with E-state index in [1.165, 1.54) is 4.90 Å².